The summed E-state index contributed by atoms with van der Waals surface area (Å²) < 4.78 is 51.2. The summed E-state index contributed by atoms with van der Waals surface area (Å²) in [6, 6.07) is 2.34. The maximum Gasteiger partial charge on any atom is 0.419 e. The van der Waals surface area contributed by atoms with Gasteiger partial charge in [0.25, 0.3) is 0 Å². The number of nitrogens with two attached hydrogens (primary N) is 1. The lowest BCUT2D eigenvalue weighted by atomic mass is 9.69. The van der Waals surface area contributed by atoms with Crippen LogP contribution in [0.15, 0.2) is 18.2 Å². The number of halogens is 4. The molecule has 0 spiro atoms. The quantitative estimate of drug-likeness (QED) is 0.679. The molecule has 21 heavy (non-hydrogen) atoms. The fraction of sp³-hybridized carbons (Fsp3) is 0.533. The van der Waals surface area contributed by atoms with Crippen molar-refractivity contribution < 1.29 is 22.4 Å². The molecule has 0 aromatic heterocycles. The predicted molar refractivity (Wildman–Crippen MR) is 70.3 cm³/mol. The Labute approximate surface area is 120 Å². The lowest BCUT2D eigenvalue weighted by Crippen LogP contribution is -2.40. The highest BCUT2D eigenvalue weighted by Crippen LogP contribution is 2.39. The van der Waals surface area contributed by atoms with Crippen molar-refractivity contribution in [3.05, 3.63) is 35.1 Å². The van der Waals surface area contributed by atoms with Crippen LogP contribution in [0.1, 0.15) is 48.0 Å². The number of carbonyl (C=O) groups excluding carboxylic acids is 1. The Morgan fingerprint density at radius 1 is 1.19 bits per heavy atom. The van der Waals surface area contributed by atoms with Gasteiger partial charge in [-0.2, -0.15) is 13.2 Å². The fourth-order valence-electron chi connectivity index (χ4n) is 2.94. The highest BCUT2D eigenvalue weighted by molar-refractivity contribution is 6.00. The van der Waals surface area contributed by atoms with E-state index in [9.17, 15) is 22.4 Å². The summed E-state index contributed by atoms with van der Waals surface area (Å²) in [6.07, 6.45) is -0.841. The molecule has 1 fully saturated rings. The van der Waals surface area contributed by atoms with Crippen molar-refractivity contribution in [2.45, 2.75) is 38.3 Å². The molecular weight excluding hydrogens is 286 g/mol. The van der Waals surface area contributed by atoms with Crippen LogP contribution >= 0.6 is 0 Å². The molecule has 0 atom stereocenters. The highest BCUT2D eigenvalue weighted by atomic mass is 19.4. The van der Waals surface area contributed by atoms with E-state index in [1.165, 1.54) is 0 Å². The first-order chi connectivity index (χ1) is 9.80. The van der Waals surface area contributed by atoms with Crippen molar-refractivity contribution in [2.24, 2.45) is 11.1 Å². The number of rotatable bonds is 3. The van der Waals surface area contributed by atoms with E-state index in [4.69, 9.17) is 5.73 Å². The molecule has 0 unspecified atom stereocenters. The number of hydrogen-bond donors (Lipinski definition) is 1. The molecule has 2 nitrogen and oxygen atoms in total. The third-order valence-electron chi connectivity index (χ3n) is 4.22. The smallest absolute Gasteiger partial charge is 0.329 e. The largest absolute Gasteiger partial charge is 0.419 e. The van der Waals surface area contributed by atoms with Gasteiger partial charge in [0.15, 0.2) is 5.78 Å². The Hall–Kier alpha value is -1.43. The second kappa shape index (κ2) is 5.75. The normalized spacial score (nSPS) is 18.5. The zero-order chi connectivity index (χ0) is 15.7. The molecule has 1 aromatic rings. The Bertz CT molecular complexity index is 533. The summed E-state index contributed by atoms with van der Waals surface area (Å²) in [4.78, 5) is 12.5. The predicted octanol–water partition coefficient (Wildman–Crippen LogP) is 3.94. The Kier molecular flexibility index (Phi) is 4.37. The maximum atomic E-state index is 13.6. The molecule has 2 rings (SSSR count). The standard InChI is InChI=1S/C15H17F4NO/c16-12-8-10(4-5-11(12)15(17,18)19)13(21)14(9-20)6-2-1-3-7-14/h4-5,8H,1-3,6-7,9,20H2. The molecule has 0 amide bonds. The molecule has 0 saturated heterocycles. The molecule has 1 saturated carbocycles. The minimum Gasteiger partial charge on any atom is -0.329 e. The van der Waals surface area contributed by atoms with Crippen LogP contribution in [0.4, 0.5) is 17.6 Å². The maximum absolute atomic E-state index is 13.6. The Morgan fingerprint density at radius 3 is 2.29 bits per heavy atom. The van der Waals surface area contributed by atoms with E-state index >= 15 is 0 Å². The van der Waals surface area contributed by atoms with Crippen LogP contribution in [0.5, 0.6) is 0 Å². The highest BCUT2D eigenvalue weighted by Gasteiger charge is 2.40. The van der Waals surface area contributed by atoms with E-state index in [-0.39, 0.29) is 17.9 Å². The minimum atomic E-state index is -4.76. The molecule has 0 radical (unpaired) electrons. The molecule has 0 aliphatic heterocycles. The van der Waals surface area contributed by atoms with E-state index < -0.39 is 23.0 Å². The first-order valence-electron chi connectivity index (χ1n) is 6.92. The summed E-state index contributed by atoms with van der Waals surface area (Å²) in [5.41, 5.74) is 3.57. The molecule has 1 aliphatic carbocycles. The third kappa shape index (κ3) is 3.10. The van der Waals surface area contributed by atoms with Gasteiger partial charge in [-0.1, -0.05) is 25.3 Å². The summed E-state index contributed by atoms with van der Waals surface area (Å²) >= 11 is 0. The van der Waals surface area contributed by atoms with Crippen molar-refractivity contribution in [1.29, 1.82) is 0 Å². The SMILES string of the molecule is NCC1(C(=O)c2ccc(C(F)(F)F)c(F)c2)CCCCC1. The second-order valence-corrected chi connectivity index (χ2v) is 5.57. The average molecular weight is 303 g/mol. The van der Waals surface area contributed by atoms with E-state index in [2.05, 4.69) is 0 Å². The summed E-state index contributed by atoms with van der Waals surface area (Å²) in [7, 11) is 0. The molecule has 2 N–H and O–H groups in total. The molecule has 1 aliphatic rings. The zero-order valence-corrected chi connectivity index (χ0v) is 11.5. The third-order valence-corrected chi connectivity index (χ3v) is 4.22. The topological polar surface area (TPSA) is 43.1 Å². The van der Waals surface area contributed by atoms with Crippen molar-refractivity contribution in [3.8, 4) is 0 Å². The van der Waals surface area contributed by atoms with E-state index in [0.29, 0.717) is 25.0 Å². The van der Waals surface area contributed by atoms with Gasteiger partial charge in [-0.3, -0.25) is 4.79 Å². The van der Waals surface area contributed by atoms with Crippen LogP contribution in [0.3, 0.4) is 0 Å². The van der Waals surface area contributed by atoms with Crippen LogP contribution in [0.2, 0.25) is 0 Å². The van der Waals surface area contributed by atoms with Gasteiger partial charge in [0.05, 0.1) is 5.56 Å². The number of hydrogen-bond acceptors (Lipinski definition) is 2. The van der Waals surface area contributed by atoms with Gasteiger partial charge < -0.3 is 5.73 Å². The van der Waals surface area contributed by atoms with Crippen LogP contribution in [0.25, 0.3) is 0 Å². The fourth-order valence-corrected chi connectivity index (χ4v) is 2.94. The monoisotopic (exact) mass is 303 g/mol. The molecule has 0 bridgehead atoms. The lowest BCUT2D eigenvalue weighted by molar-refractivity contribution is -0.140. The van der Waals surface area contributed by atoms with Crippen LogP contribution in [-0.2, 0) is 6.18 Å². The van der Waals surface area contributed by atoms with Gasteiger partial charge in [0.1, 0.15) is 5.82 Å². The van der Waals surface area contributed by atoms with Gasteiger partial charge in [-0.15, -0.1) is 0 Å². The molecular formula is C15H17F4NO. The van der Waals surface area contributed by atoms with E-state index in [1.54, 1.807) is 0 Å². The van der Waals surface area contributed by atoms with Crippen molar-refractivity contribution >= 4 is 5.78 Å². The van der Waals surface area contributed by atoms with E-state index in [0.717, 1.165) is 25.3 Å². The first kappa shape index (κ1) is 15.9. The van der Waals surface area contributed by atoms with Gasteiger partial charge in [0.2, 0.25) is 0 Å². The molecule has 0 heterocycles. The second-order valence-electron chi connectivity index (χ2n) is 5.57. The van der Waals surface area contributed by atoms with Crippen molar-refractivity contribution in [1.82, 2.24) is 0 Å². The van der Waals surface area contributed by atoms with Crippen LogP contribution in [0, 0.1) is 11.2 Å². The number of benzene rings is 1. The molecule has 116 valence electrons. The summed E-state index contributed by atoms with van der Waals surface area (Å²) in [5.74, 6) is -1.77. The number of carbonyl (C=O) groups is 1. The zero-order valence-electron chi connectivity index (χ0n) is 11.5. The summed E-state index contributed by atoms with van der Waals surface area (Å²) in [6.45, 7) is 0.133. The van der Waals surface area contributed by atoms with Crippen molar-refractivity contribution in [3.63, 3.8) is 0 Å². The minimum absolute atomic E-state index is 0.0344. The van der Waals surface area contributed by atoms with Crippen LogP contribution in [-0.4, -0.2) is 12.3 Å². The lowest BCUT2D eigenvalue weighted by Gasteiger charge is -2.34. The van der Waals surface area contributed by atoms with Gasteiger partial charge in [-0.05, 0) is 25.0 Å². The number of alkyl halides is 3. The van der Waals surface area contributed by atoms with Crippen LogP contribution < -0.4 is 5.73 Å². The summed E-state index contributed by atoms with van der Waals surface area (Å²) in [5, 5.41) is 0. The molecule has 1 aromatic carbocycles. The van der Waals surface area contributed by atoms with Crippen molar-refractivity contribution in [2.75, 3.05) is 6.54 Å². The van der Waals surface area contributed by atoms with Gasteiger partial charge in [0, 0.05) is 17.5 Å². The van der Waals surface area contributed by atoms with Gasteiger partial charge in [-0.25, -0.2) is 4.39 Å². The Balaban J connectivity index is 2.33. The van der Waals surface area contributed by atoms with E-state index in [1.807, 2.05) is 0 Å². The average Bonchev–Trinajstić information content (AvgIpc) is 2.45. The Morgan fingerprint density at radius 2 is 1.81 bits per heavy atom. The first-order valence-corrected chi connectivity index (χ1v) is 6.92. The number of ketones is 1. The molecule has 6 heteroatoms. The van der Waals surface area contributed by atoms with Gasteiger partial charge >= 0.3 is 6.18 Å². The number of Topliss-reactive ketones (excluding diaryl/α,β-unsaturated/α-hetero) is 1.